The number of amides is 1. The van der Waals surface area contributed by atoms with Gasteiger partial charge in [0.1, 0.15) is 17.3 Å². The van der Waals surface area contributed by atoms with Gasteiger partial charge in [0.15, 0.2) is 5.84 Å². The molecule has 2 aromatic carbocycles. The molecule has 1 aliphatic carbocycles. The summed E-state index contributed by atoms with van der Waals surface area (Å²) in [5, 5.41) is 17.7. The van der Waals surface area contributed by atoms with E-state index in [0.717, 1.165) is 53.1 Å². The predicted octanol–water partition coefficient (Wildman–Crippen LogP) is 6.49. The third kappa shape index (κ3) is 4.91. The summed E-state index contributed by atoms with van der Waals surface area (Å²) in [5.41, 5.74) is 4.61. The highest BCUT2D eigenvalue weighted by molar-refractivity contribution is 6.70. The molecule has 39 heavy (non-hydrogen) atoms. The molecular weight excluding hydrogens is 508 g/mol. The Kier molecular flexibility index (Phi) is 6.42. The van der Waals surface area contributed by atoms with Crippen LogP contribution in [0, 0.1) is 5.41 Å². The van der Waals surface area contributed by atoms with E-state index in [9.17, 15) is 4.79 Å². The Labute approximate surface area is 234 Å². The zero-order valence-corrected chi connectivity index (χ0v) is 23.2. The average molecular weight is 541 g/mol. The van der Waals surface area contributed by atoms with Crippen molar-refractivity contribution in [3.8, 4) is 0 Å². The maximum Gasteiger partial charge on any atom is 0.221 e. The minimum atomic E-state index is -0.285. The molecule has 8 heteroatoms. The summed E-state index contributed by atoms with van der Waals surface area (Å²) >= 11 is 6.52. The first-order valence-electron chi connectivity index (χ1n) is 13.5. The van der Waals surface area contributed by atoms with Crippen molar-refractivity contribution in [1.29, 1.82) is 0 Å². The monoisotopic (exact) mass is 540 g/mol. The lowest BCUT2D eigenvalue weighted by Crippen LogP contribution is -2.51. The predicted molar refractivity (Wildman–Crippen MR) is 155 cm³/mol. The van der Waals surface area contributed by atoms with Crippen molar-refractivity contribution in [3.63, 3.8) is 0 Å². The van der Waals surface area contributed by atoms with E-state index in [1.807, 2.05) is 35.4 Å². The lowest BCUT2D eigenvalue weighted by atomic mass is 9.71. The van der Waals surface area contributed by atoms with Gasteiger partial charge in [0.05, 0.1) is 11.2 Å². The number of aliphatic imine (C=N–C) groups is 1. The molecule has 0 bridgehead atoms. The highest BCUT2D eigenvalue weighted by Gasteiger charge is 2.43. The number of benzene rings is 2. The number of halogens is 1. The molecule has 0 saturated heterocycles. The Morgan fingerprint density at radius 3 is 2.44 bits per heavy atom. The molecule has 1 fully saturated rings. The molecule has 1 aromatic heterocycles. The maximum absolute atomic E-state index is 12.8. The molecule has 3 aromatic rings. The van der Waals surface area contributed by atoms with Crippen LogP contribution in [0.4, 0.5) is 0 Å². The molecule has 200 valence electrons. The Morgan fingerprint density at radius 1 is 1.08 bits per heavy atom. The van der Waals surface area contributed by atoms with E-state index in [2.05, 4.69) is 72.7 Å². The second-order valence-electron chi connectivity index (χ2n) is 11.9. The van der Waals surface area contributed by atoms with Crippen LogP contribution < -0.4 is 5.32 Å². The number of aromatic amines is 1. The summed E-state index contributed by atoms with van der Waals surface area (Å²) in [7, 11) is 0. The Bertz CT molecular complexity index is 1450. The lowest BCUT2D eigenvalue weighted by Gasteiger charge is -2.43. The van der Waals surface area contributed by atoms with Crippen molar-refractivity contribution in [2.45, 2.75) is 64.1 Å². The van der Waals surface area contributed by atoms with E-state index in [4.69, 9.17) is 21.7 Å². The van der Waals surface area contributed by atoms with Gasteiger partial charge in [-0.1, -0.05) is 87.0 Å². The van der Waals surface area contributed by atoms with E-state index in [0.29, 0.717) is 11.6 Å². The van der Waals surface area contributed by atoms with Crippen LogP contribution in [0.1, 0.15) is 80.9 Å². The van der Waals surface area contributed by atoms with Crippen LogP contribution in [0.3, 0.4) is 0 Å². The molecule has 0 radical (unpaired) electrons. The number of carbonyl (C=O) groups excluding carboxylic acids is 1. The molecule has 2 unspecified atom stereocenters. The van der Waals surface area contributed by atoms with Gasteiger partial charge in [-0.25, -0.2) is 5.01 Å². The summed E-state index contributed by atoms with van der Waals surface area (Å²) in [6.07, 6.45) is 7.15. The van der Waals surface area contributed by atoms with Crippen molar-refractivity contribution in [3.05, 3.63) is 95.3 Å². The van der Waals surface area contributed by atoms with Gasteiger partial charge in [-0.3, -0.25) is 14.9 Å². The summed E-state index contributed by atoms with van der Waals surface area (Å²) in [4.78, 5) is 18.1. The number of fused-ring (bicyclic) bond motifs is 1. The summed E-state index contributed by atoms with van der Waals surface area (Å²) in [5.74, 6) is 0.862. The van der Waals surface area contributed by atoms with E-state index >= 15 is 0 Å². The smallest absolute Gasteiger partial charge is 0.221 e. The van der Waals surface area contributed by atoms with E-state index in [1.165, 1.54) is 0 Å². The molecule has 1 saturated carbocycles. The van der Waals surface area contributed by atoms with Gasteiger partial charge >= 0.3 is 0 Å². The van der Waals surface area contributed by atoms with Crippen LogP contribution in [0.5, 0.6) is 0 Å². The van der Waals surface area contributed by atoms with Crippen molar-refractivity contribution in [2.24, 2.45) is 15.5 Å². The third-order valence-corrected chi connectivity index (χ3v) is 7.93. The van der Waals surface area contributed by atoms with Crippen LogP contribution in [-0.2, 0) is 10.3 Å². The molecule has 7 nitrogen and oxygen atoms in total. The quantitative estimate of drug-likeness (QED) is 0.375. The molecule has 1 amide bonds. The van der Waals surface area contributed by atoms with Gasteiger partial charge in [0, 0.05) is 18.2 Å². The fourth-order valence-corrected chi connectivity index (χ4v) is 5.97. The highest BCUT2D eigenvalue weighted by atomic mass is 35.5. The Morgan fingerprint density at radius 2 is 1.82 bits per heavy atom. The SMILES string of the molecule is CC(C)(C)CC(=O)NC1(c2ccc(C3N=C4C(c5cc[nH]n5)=CC(Cl)=NN4C3c3ccccc3)cc2)CCC1. The summed E-state index contributed by atoms with van der Waals surface area (Å²) in [6, 6.07) is 20.5. The molecule has 2 atom stereocenters. The van der Waals surface area contributed by atoms with E-state index < -0.39 is 0 Å². The molecule has 2 aliphatic heterocycles. The van der Waals surface area contributed by atoms with E-state index in [-0.39, 0.29) is 28.9 Å². The fourth-order valence-electron chi connectivity index (χ4n) is 5.78. The number of nitrogens with zero attached hydrogens (tertiary/aromatic N) is 4. The topological polar surface area (TPSA) is 85.7 Å². The number of aromatic nitrogens is 2. The summed E-state index contributed by atoms with van der Waals surface area (Å²) < 4.78 is 0. The number of amidine groups is 1. The maximum atomic E-state index is 12.8. The Hall–Kier alpha value is -3.71. The standard InChI is InChI=1S/C31H33ClN6O/c1-30(2,3)19-26(39)35-31(15-7-16-31)22-12-10-20(11-13-22)27-28(21-8-5-4-6-9-21)38-29(34-27)23(18-25(32)37-38)24-14-17-33-36-24/h4-6,8-14,17-18,27-28H,7,15-16,19H2,1-3H3,(H,33,36)(H,35,39). The number of carbonyl (C=O) groups is 1. The molecule has 3 heterocycles. The van der Waals surface area contributed by atoms with Crippen LogP contribution in [0.25, 0.3) is 5.57 Å². The minimum absolute atomic E-state index is 0.0479. The lowest BCUT2D eigenvalue weighted by molar-refractivity contribution is -0.126. The van der Waals surface area contributed by atoms with Crippen molar-refractivity contribution in [1.82, 2.24) is 20.5 Å². The highest BCUT2D eigenvalue weighted by Crippen LogP contribution is 2.47. The molecule has 0 spiro atoms. The van der Waals surface area contributed by atoms with Gasteiger partial charge in [-0.15, -0.1) is 0 Å². The zero-order chi connectivity index (χ0) is 27.2. The molecular formula is C31H33ClN6O. The fraction of sp³-hybridized carbons (Fsp3) is 0.355. The van der Waals surface area contributed by atoms with Crippen LogP contribution >= 0.6 is 11.6 Å². The number of allylic oxidation sites excluding steroid dienone is 1. The van der Waals surface area contributed by atoms with Gasteiger partial charge in [-0.2, -0.15) is 10.2 Å². The second kappa shape index (κ2) is 9.79. The van der Waals surface area contributed by atoms with Gasteiger partial charge in [0.2, 0.25) is 5.91 Å². The van der Waals surface area contributed by atoms with Gasteiger partial charge in [-0.05, 0) is 53.5 Å². The number of H-pyrrole nitrogens is 1. The first-order valence-corrected chi connectivity index (χ1v) is 13.9. The number of rotatable bonds is 6. The van der Waals surface area contributed by atoms with E-state index in [1.54, 1.807) is 6.20 Å². The molecule has 2 N–H and O–H groups in total. The van der Waals surface area contributed by atoms with Crippen molar-refractivity contribution < 1.29 is 4.79 Å². The largest absolute Gasteiger partial charge is 0.347 e. The van der Waals surface area contributed by atoms with Crippen molar-refractivity contribution in [2.75, 3.05) is 0 Å². The minimum Gasteiger partial charge on any atom is -0.347 e. The average Bonchev–Trinajstić information content (AvgIpc) is 3.54. The van der Waals surface area contributed by atoms with Gasteiger partial charge < -0.3 is 5.32 Å². The zero-order valence-electron chi connectivity index (χ0n) is 22.5. The number of hydrazone groups is 1. The van der Waals surface area contributed by atoms with Crippen molar-refractivity contribution >= 4 is 34.1 Å². The number of hydrogen-bond acceptors (Lipinski definition) is 5. The summed E-state index contributed by atoms with van der Waals surface area (Å²) in [6.45, 7) is 6.29. The van der Waals surface area contributed by atoms with Crippen LogP contribution in [0.2, 0.25) is 0 Å². The number of hydrogen-bond donors (Lipinski definition) is 2. The Balaban J connectivity index is 1.34. The third-order valence-electron chi connectivity index (χ3n) is 7.75. The molecule has 3 aliphatic rings. The first kappa shape index (κ1) is 25.6. The normalized spacial score (nSPS) is 21.8. The van der Waals surface area contributed by atoms with Gasteiger partial charge in [0.25, 0.3) is 0 Å². The molecule has 6 rings (SSSR count). The second-order valence-corrected chi connectivity index (χ2v) is 12.3. The van der Waals surface area contributed by atoms with Crippen LogP contribution in [0.15, 0.2) is 83.0 Å². The first-order chi connectivity index (χ1) is 18.7. The van der Waals surface area contributed by atoms with Crippen LogP contribution in [-0.4, -0.2) is 32.1 Å². The number of nitrogens with one attached hydrogen (secondary N) is 2.